The zero-order valence-corrected chi connectivity index (χ0v) is 9.13. The molecule has 0 amide bonds. The minimum atomic E-state index is 0.912. The van der Waals surface area contributed by atoms with Crippen molar-refractivity contribution in [2.75, 3.05) is 0 Å². The lowest BCUT2D eigenvalue weighted by Crippen LogP contribution is -1.82. The van der Waals surface area contributed by atoms with Crippen LogP contribution in [0.4, 0.5) is 0 Å². The number of allylic oxidation sites excluding steroid dienone is 2. The quantitative estimate of drug-likeness (QED) is 0.650. The predicted octanol–water partition coefficient (Wildman–Crippen LogP) is 4.44. The van der Waals surface area contributed by atoms with Gasteiger partial charge in [-0.1, -0.05) is 23.3 Å². The van der Waals surface area contributed by atoms with Gasteiger partial charge in [0.05, 0.1) is 4.34 Å². The maximum absolute atomic E-state index is 5.86. The summed E-state index contributed by atoms with van der Waals surface area (Å²) in [6.45, 7) is 0. The number of halogens is 1. The Labute approximate surface area is 88.2 Å². The van der Waals surface area contributed by atoms with Crippen LogP contribution in [-0.4, -0.2) is 0 Å². The summed E-state index contributed by atoms with van der Waals surface area (Å²) in [6.07, 6.45) is 8.77. The summed E-state index contributed by atoms with van der Waals surface area (Å²) in [5, 5.41) is 0. The lowest BCUT2D eigenvalue weighted by Gasteiger charge is -1.98. The van der Waals surface area contributed by atoms with Crippen LogP contribution in [0.3, 0.4) is 0 Å². The first-order chi connectivity index (χ1) is 6.34. The maximum atomic E-state index is 5.86. The molecule has 0 aliphatic heterocycles. The Morgan fingerprint density at radius 3 is 2.85 bits per heavy atom. The van der Waals surface area contributed by atoms with E-state index in [1.54, 1.807) is 16.9 Å². The Bertz CT molecular complexity index is 312. The highest BCUT2D eigenvalue weighted by Crippen LogP contribution is 2.26. The second kappa shape index (κ2) is 4.30. The van der Waals surface area contributed by atoms with Gasteiger partial charge in [0.25, 0.3) is 0 Å². The van der Waals surface area contributed by atoms with Gasteiger partial charge in [-0.25, -0.2) is 0 Å². The SMILES string of the molecule is Clc1ccc(CCC2=CCCC2)s1. The second-order valence-corrected chi connectivity index (χ2v) is 5.26. The molecule has 1 aliphatic rings. The van der Waals surface area contributed by atoms with Crippen LogP contribution in [0, 0.1) is 0 Å². The first-order valence-corrected chi connectivity index (χ1v) is 5.96. The molecule has 13 heavy (non-hydrogen) atoms. The standard InChI is InChI=1S/C11H13ClS/c12-11-8-7-10(13-11)6-5-9-3-1-2-4-9/h3,7-8H,1-2,4-6H2. The molecule has 0 nitrogen and oxygen atoms in total. The van der Waals surface area contributed by atoms with Gasteiger partial charge in [-0.3, -0.25) is 0 Å². The van der Waals surface area contributed by atoms with E-state index in [1.807, 2.05) is 6.07 Å². The van der Waals surface area contributed by atoms with E-state index in [9.17, 15) is 0 Å². The number of hydrogen-bond acceptors (Lipinski definition) is 1. The van der Waals surface area contributed by atoms with Crippen molar-refractivity contribution in [2.45, 2.75) is 32.1 Å². The largest absolute Gasteiger partial charge is 0.128 e. The molecule has 2 rings (SSSR count). The highest BCUT2D eigenvalue weighted by atomic mass is 35.5. The smallest absolute Gasteiger partial charge is 0.0931 e. The highest BCUT2D eigenvalue weighted by Gasteiger charge is 2.05. The lowest BCUT2D eigenvalue weighted by molar-refractivity contribution is 0.850. The average molecular weight is 213 g/mol. The highest BCUT2D eigenvalue weighted by molar-refractivity contribution is 7.16. The van der Waals surface area contributed by atoms with Crippen molar-refractivity contribution in [3.63, 3.8) is 0 Å². The number of aryl methyl sites for hydroxylation is 1. The van der Waals surface area contributed by atoms with Crippen molar-refractivity contribution in [3.8, 4) is 0 Å². The van der Waals surface area contributed by atoms with E-state index in [1.165, 1.54) is 37.0 Å². The molecule has 0 unspecified atom stereocenters. The van der Waals surface area contributed by atoms with Gasteiger partial charge in [-0.2, -0.15) is 0 Å². The molecule has 0 fully saturated rings. The Hall–Kier alpha value is -0.270. The van der Waals surface area contributed by atoms with Crippen LogP contribution in [0.5, 0.6) is 0 Å². The summed E-state index contributed by atoms with van der Waals surface area (Å²) in [7, 11) is 0. The predicted molar refractivity (Wildman–Crippen MR) is 59.6 cm³/mol. The summed E-state index contributed by atoms with van der Waals surface area (Å²) in [4.78, 5) is 1.41. The first kappa shape index (κ1) is 9.29. The molecular formula is C11H13ClS. The molecule has 1 aromatic rings. The molecule has 0 saturated heterocycles. The van der Waals surface area contributed by atoms with Crippen molar-refractivity contribution in [3.05, 3.63) is 33.0 Å². The van der Waals surface area contributed by atoms with E-state index in [0.717, 1.165) is 4.34 Å². The Morgan fingerprint density at radius 1 is 1.31 bits per heavy atom. The average Bonchev–Trinajstić information content (AvgIpc) is 2.71. The van der Waals surface area contributed by atoms with E-state index < -0.39 is 0 Å². The van der Waals surface area contributed by atoms with Crippen molar-refractivity contribution < 1.29 is 0 Å². The Morgan fingerprint density at radius 2 is 2.23 bits per heavy atom. The normalized spacial score (nSPS) is 16.2. The minimum Gasteiger partial charge on any atom is -0.128 e. The van der Waals surface area contributed by atoms with E-state index in [2.05, 4.69) is 12.1 Å². The number of hydrogen-bond donors (Lipinski definition) is 0. The van der Waals surface area contributed by atoms with Crippen LogP contribution in [0.2, 0.25) is 4.34 Å². The third-order valence-electron chi connectivity index (χ3n) is 2.46. The molecule has 0 N–H and O–H groups in total. The van der Waals surface area contributed by atoms with E-state index in [-0.39, 0.29) is 0 Å². The Balaban J connectivity index is 1.85. The van der Waals surface area contributed by atoms with Crippen LogP contribution in [0.1, 0.15) is 30.6 Å². The van der Waals surface area contributed by atoms with E-state index in [0.29, 0.717) is 0 Å². The van der Waals surface area contributed by atoms with Crippen LogP contribution < -0.4 is 0 Å². The fourth-order valence-corrected chi connectivity index (χ4v) is 2.82. The summed E-state index contributed by atoms with van der Waals surface area (Å²) < 4.78 is 0.912. The van der Waals surface area contributed by atoms with Gasteiger partial charge in [0.15, 0.2) is 0 Å². The van der Waals surface area contributed by atoms with Gasteiger partial charge in [0.1, 0.15) is 0 Å². The zero-order chi connectivity index (χ0) is 9.10. The van der Waals surface area contributed by atoms with Crippen LogP contribution in [-0.2, 0) is 6.42 Å². The monoisotopic (exact) mass is 212 g/mol. The van der Waals surface area contributed by atoms with Crippen molar-refractivity contribution in [2.24, 2.45) is 0 Å². The van der Waals surface area contributed by atoms with Crippen molar-refractivity contribution >= 4 is 22.9 Å². The molecule has 0 bridgehead atoms. The van der Waals surface area contributed by atoms with Crippen LogP contribution in [0.25, 0.3) is 0 Å². The van der Waals surface area contributed by atoms with Crippen molar-refractivity contribution in [1.82, 2.24) is 0 Å². The minimum absolute atomic E-state index is 0.912. The maximum Gasteiger partial charge on any atom is 0.0931 e. The molecule has 1 aromatic heterocycles. The van der Waals surface area contributed by atoms with Crippen LogP contribution in [0.15, 0.2) is 23.8 Å². The summed E-state index contributed by atoms with van der Waals surface area (Å²) >= 11 is 7.57. The molecule has 2 heteroatoms. The molecule has 0 atom stereocenters. The molecule has 1 heterocycles. The molecule has 0 spiro atoms. The number of rotatable bonds is 3. The molecule has 1 aliphatic carbocycles. The van der Waals surface area contributed by atoms with E-state index in [4.69, 9.17) is 11.6 Å². The van der Waals surface area contributed by atoms with Crippen molar-refractivity contribution in [1.29, 1.82) is 0 Å². The summed E-state index contributed by atoms with van der Waals surface area (Å²) in [6, 6.07) is 4.13. The van der Waals surface area contributed by atoms with Gasteiger partial charge in [-0.05, 0) is 44.2 Å². The second-order valence-electron chi connectivity index (χ2n) is 3.46. The molecule has 0 radical (unpaired) electrons. The van der Waals surface area contributed by atoms with Gasteiger partial charge in [0, 0.05) is 4.88 Å². The third kappa shape index (κ3) is 2.58. The van der Waals surface area contributed by atoms with Gasteiger partial charge >= 0.3 is 0 Å². The van der Waals surface area contributed by atoms with Gasteiger partial charge in [0.2, 0.25) is 0 Å². The first-order valence-electron chi connectivity index (χ1n) is 4.77. The lowest BCUT2D eigenvalue weighted by atomic mass is 10.1. The fraction of sp³-hybridized carbons (Fsp3) is 0.455. The van der Waals surface area contributed by atoms with Gasteiger partial charge in [-0.15, -0.1) is 11.3 Å². The molecular weight excluding hydrogens is 200 g/mol. The summed E-state index contributed by atoms with van der Waals surface area (Å²) in [5.41, 5.74) is 1.64. The Kier molecular flexibility index (Phi) is 3.07. The fourth-order valence-electron chi connectivity index (χ4n) is 1.73. The third-order valence-corrected chi connectivity index (χ3v) is 3.75. The van der Waals surface area contributed by atoms with Gasteiger partial charge < -0.3 is 0 Å². The topological polar surface area (TPSA) is 0 Å². The molecule has 0 aromatic carbocycles. The van der Waals surface area contributed by atoms with Crippen LogP contribution >= 0.6 is 22.9 Å². The zero-order valence-electron chi connectivity index (χ0n) is 7.55. The number of thiophene rings is 1. The molecule has 70 valence electrons. The molecule has 0 saturated carbocycles. The summed E-state index contributed by atoms with van der Waals surface area (Å²) in [5.74, 6) is 0. The van der Waals surface area contributed by atoms with E-state index >= 15 is 0 Å².